The Morgan fingerprint density at radius 3 is 2.50 bits per heavy atom. The Balaban J connectivity index is 2.89. The van der Waals surface area contributed by atoms with Crippen molar-refractivity contribution in [2.45, 2.75) is 0 Å². The molecule has 2 aromatic rings. The molecule has 6 heteroatoms. The molecule has 3 nitrogen and oxygen atoms in total. The Morgan fingerprint density at radius 2 is 1.88 bits per heavy atom. The van der Waals surface area contributed by atoms with Gasteiger partial charge in [0.1, 0.15) is 5.82 Å². The lowest BCUT2D eigenvalue weighted by Crippen LogP contribution is -2.11. The molecule has 0 amide bonds. The van der Waals surface area contributed by atoms with Crippen molar-refractivity contribution >= 4 is 60.2 Å². The zero-order valence-electron chi connectivity index (χ0n) is 8.63. The molecular formula is C10H8Br2ClN3. The van der Waals surface area contributed by atoms with Gasteiger partial charge >= 0.3 is 0 Å². The fraction of sp³-hybridized carbons (Fsp3) is 0.200. The predicted octanol–water partition coefficient (Wildman–Crippen LogP) is 3.87. The fourth-order valence-electron chi connectivity index (χ4n) is 1.46. The monoisotopic (exact) mass is 363 g/mol. The van der Waals surface area contributed by atoms with E-state index in [1.807, 2.05) is 31.1 Å². The number of rotatable bonds is 1. The van der Waals surface area contributed by atoms with Crippen LogP contribution in [0.25, 0.3) is 10.9 Å². The zero-order chi connectivity index (χ0) is 11.9. The molecule has 0 saturated heterocycles. The van der Waals surface area contributed by atoms with Gasteiger partial charge in [0.15, 0.2) is 0 Å². The third kappa shape index (κ3) is 2.17. The molecule has 0 fully saturated rings. The largest absolute Gasteiger partial charge is 0.362 e. The second-order valence-corrected chi connectivity index (χ2v) is 5.60. The summed E-state index contributed by atoms with van der Waals surface area (Å²) >= 11 is 12.8. The molecule has 84 valence electrons. The highest BCUT2D eigenvalue weighted by atomic mass is 79.9. The van der Waals surface area contributed by atoms with Crippen molar-refractivity contribution < 1.29 is 0 Å². The lowest BCUT2D eigenvalue weighted by atomic mass is 10.2. The summed E-state index contributed by atoms with van der Waals surface area (Å²) in [6.07, 6.45) is 0. The molecule has 1 heterocycles. The van der Waals surface area contributed by atoms with Gasteiger partial charge in [-0.25, -0.2) is 4.98 Å². The van der Waals surface area contributed by atoms with Crippen molar-refractivity contribution in [3.63, 3.8) is 0 Å². The van der Waals surface area contributed by atoms with E-state index in [1.54, 1.807) is 0 Å². The Kier molecular flexibility index (Phi) is 3.37. The Bertz CT molecular complexity index is 557. The first-order valence-electron chi connectivity index (χ1n) is 4.48. The molecule has 0 atom stereocenters. The van der Waals surface area contributed by atoms with Crippen LogP contribution in [0.15, 0.2) is 21.1 Å². The highest BCUT2D eigenvalue weighted by molar-refractivity contribution is 9.11. The summed E-state index contributed by atoms with van der Waals surface area (Å²) in [7, 11) is 3.85. The van der Waals surface area contributed by atoms with E-state index in [1.165, 1.54) is 0 Å². The van der Waals surface area contributed by atoms with E-state index in [-0.39, 0.29) is 5.28 Å². The fourth-order valence-corrected chi connectivity index (χ4v) is 2.93. The topological polar surface area (TPSA) is 29.0 Å². The van der Waals surface area contributed by atoms with E-state index in [9.17, 15) is 0 Å². The van der Waals surface area contributed by atoms with Crippen molar-refractivity contribution in [3.05, 3.63) is 26.4 Å². The average molecular weight is 365 g/mol. The Hall–Kier alpha value is -0.390. The molecule has 0 saturated carbocycles. The summed E-state index contributed by atoms with van der Waals surface area (Å²) < 4.78 is 1.87. The van der Waals surface area contributed by atoms with Gasteiger partial charge in [0.2, 0.25) is 5.28 Å². The summed E-state index contributed by atoms with van der Waals surface area (Å²) in [6.45, 7) is 0. The van der Waals surface area contributed by atoms with Crippen molar-refractivity contribution in [1.82, 2.24) is 9.97 Å². The third-order valence-corrected chi connectivity index (χ3v) is 3.33. The summed E-state index contributed by atoms with van der Waals surface area (Å²) in [5.41, 5.74) is 0.812. The van der Waals surface area contributed by atoms with Gasteiger partial charge < -0.3 is 4.90 Å². The Morgan fingerprint density at radius 1 is 1.19 bits per heavy atom. The smallest absolute Gasteiger partial charge is 0.224 e. The molecule has 0 aliphatic heterocycles. The lowest BCUT2D eigenvalue weighted by molar-refractivity contribution is 1.06. The second-order valence-electron chi connectivity index (χ2n) is 3.49. The number of hydrogen-bond donors (Lipinski definition) is 0. The number of anilines is 1. The third-order valence-electron chi connectivity index (χ3n) is 2.09. The number of halogens is 3. The standard InChI is InChI=1S/C10H8Br2ClN3/c1-16(2)9-6-3-5(11)4-7(12)8(6)14-10(13)15-9/h3-4H,1-2H3. The average Bonchev–Trinajstić information content (AvgIpc) is 2.18. The van der Waals surface area contributed by atoms with Gasteiger partial charge in [-0.1, -0.05) is 15.9 Å². The minimum atomic E-state index is 0.249. The molecule has 0 spiro atoms. The van der Waals surface area contributed by atoms with Gasteiger partial charge in [0.25, 0.3) is 0 Å². The van der Waals surface area contributed by atoms with Crippen LogP contribution in [0.2, 0.25) is 5.28 Å². The molecule has 2 rings (SSSR count). The molecule has 0 aliphatic carbocycles. The highest BCUT2D eigenvalue weighted by Crippen LogP contribution is 2.32. The summed E-state index contributed by atoms with van der Waals surface area (Å²) in [5, 5.41) is 1.20. The van der Waals surface area contributed by atoms with Crippen LogP contribution >= 0.6 is 43.5 Å². The van der Waals surface area contributed by atoms with Crippen LogP contribution in [0.4, 0.5) is 5.82 Å². The number of nitrogens with zero attached hydrogens (tertiary/aromatic N) is 3. The lowest BCUT2D eigenvalue weighted by Gasteiger charge is -2.14. The van der Waals surface area contributed by atoms with Crippen LogP contribution < -0.4 is 4.90 Å². The maximum Gasteiger partial charge on any atom is 0.224 e. The van der Waals surface area contributed by atoms with Crippen LogP contribution in [-0.2, 0) is 0 Å². The summed E-state index contributed by atoms with van der Waals surface area (Å²) in [6, 6.07) is 3.91. The van der Waals surface area contributed by atoms with E-state index in [0.717, 1.165) is 25.7 Å². The second kappa shape index (κ2) is 4.47. The van der Waals surface area contributed by atoms with Crippen LogP contribution in [0.5, 0.6) is 0 Å². The van der Waals surface area contributed by atoms with E-state index in [2.05, 4.69) is 41.8 Å². The number of fused-ring (bicyclic) bond motifs is 1. The first kappa shape index (κ1) is 12.1. The molecule has 0 N–H and O–H groups in total. The number of hydrogen-bond acceptors (Lipinski definition) is 3. The minimum absolute atomic E-state index is 0.249. The van der Waals surface area contributed by atoms with E-state index in [0.29, 0.717) is 0 Å². The minimum Gasteiger partial charge on any atom is -0.362 e. The van der Waals surface area contributed by atoms with E-state index < -0.39 is 0 Å². The summed E-state index contributed by atoms with van der Waals surface area (Å²) in [5.74, 6) is 0.803. The quantitative estimate of drug-likeness (QED) is 0.719. The molecule has 0 radical (unpaired) electrons. The molecule has 0 unspecified atom stereocenters. The molecule has 1 aromatic carbocycles. The number of aromatic nitrogens is 2. The van der Waals surface area contributed by atoms with E-state index in [4.69, 9.17) is 11.6 Å². The van der Waals surface area contributed by atoms with E-state index >= 15 is 0 Å². The van der Waals surface area contributed by atoms with Crippen LogP contribution in [0.3, 0.4) is 0 Å². The predicted molar refractivity (Wildman–Crippen MR) is 74.3 cm³/mol. The van der Waals surface area contributed by atoms with Crippen LogP contribution in [0.1, 0.15) is 0 Å². The molecular weight excluding hydrogens is 357 g/mol. The van der Waals surface area contributed by atoms with Crippen molar-refractivity contribution in [2.24, 2.45) is 0 Å². The summed E-state index contributed by atoms with van der Waals surface area (Å²) in [4.78, 5) is 10.4. The SMILES string of the molecule is CN(C)c1nc(Cl)nc2c(Br)cc(Br)cc12. The van der Waals surface area contributed by atoms with Gasteiger partial charge in [-0.2, -0.15) is 4.98 Å². The van der Waals surface area contributed by atoms with Crippen molar-refractivity contribution in [1.29, 1.82) is 0 Å². The number of benzene rings is 1. The van der Waals surface area contributed by atoms with Crippen LogP contribution in [0, 0.1) is 0 Å². The normalized spacial score (nSPS) is 10.8. The molecule has 1 aromatic heterocycles. The van der Waals surface area contributed by atoms with Crippen LogP contribution in [-0.4, -0.2) is 24.1 Å². The van der Waals surface area contributed by atoms with Crippen molar-refractivity contribution in [3.8, 4) is 0 Å². The zero-order valence-corrected chi connectivity index (χ0v) is 12.6. The highest BCUT2D eigenvalue weighted by Gasteiger charge is 2.11. The molecule has 0 bridgehead atoms. The first-order chi connectivity index (χ1) is 7.49. The van der Waals surface area contributed by atoms with Gasteiger partial charge in [0.05, 0.1) is 5.52 Å². The van der Waals surface area contributed by atoms with Gasteiger partial charge in [-0.3, -0.25) is 0 Å². The van der Waals surface area contributed by atoms with Crippen molar-refractivity contribution in [2.75, 3.05) is 19.0 Å². The van der Waals surface area contributed by atoms with Gasteiger partial charge in [-0.05, 0) is 39.7 Å². The maximum absolute atomic E-state index is 5.90. The Labute approximate surface area is 115 Å². The molecule has 16 heavy (non-hydrogen) atoms. The van der Waals surface area contributed by atoms with Gasteiger partial charge in [-0.15, -0.1) is 0 Å². The first-order valence-corrected chi connectivity index (χ1v) is 6.45. The molecule has 0 aliphatic rings. The van der Waals surface area contributed by atoms with Gasteiger partial charge in [0, 0.05) is 28.4 Å². The maximum atomic E-state index is 5.90.